The van der Waals surface area contributed by atoms with E-state index < -0.39 is 12.8 Å². The Morgan fingerprint density at radius 3 is 2.50 bits per heavy atom. The summed E-state index contributed by atoms with van der Waals surface area (Å²) in [5, 5.41) is 8.77. The molecule has 1 amide bonds. The first-order valence-electron chi connectivity index (χ1n) is 8.75. The van der Waals surface area contributed by atoms with Crippen molar-refractivity contribution in [2.45, 2.75) is 39.4 Å². The van der Waals surface area contributed by atoms with E-state index in [1.807, 2.05) is 6.92 Å². The van der Waals surface area contributed by atoms with Gasteiger partial charge in [0.1, 0.15) is 5.75 Å². The molecule has 0 aromatic heterocycles. The average Bonchev–Trinajstić information content (AvgIpc) is 2.61. The first-order valence-corrected chi connectivity index (χ1v) is 8.75. The van der Waals surface area contributed by atoms with Gasteiger partial charge in [0, 0.05) is 38.7 Å². The molecule has 0 aliphatic carbocycles. The van der Waals surface area contributed by atoms with Gasteiger partial charge in [-0.2, -0.15) is 13.2 Å². The highest BCUT2D eigenvalue weighted by Gasteiger charge is 2.28. The molecule has 0 aliphatic heterocycles. The summed E-state index contributed by atoms with van der Waals surface area (Å²) in [7, 11) is 1.57. The summed E-state index contributed by atoms with van der Waals surface area (Å²) in [6.45, 7) is 3.67. The number of nitrogens with one attached hydrogen (secondary N) is 3. The van der Waals surface area contributed by atoms with Crippen molar-refractivity contribution in [1.82, 2.24) is 16.0 Å². The van der Waals surface area contributed by atoms with E-state index in [2.05, 4.69) is 20.9 Å². The zero-order valence-corrected chi connectivity index (χ0v) is 18.6. The van der Waals surface area contributed by atoms with Crippen LogP contribution in [-0.4, -0.2) is 44.8 Å². The van der Waals surface area contributed by atoms with Crippen LogP contribution in [0.1, 0.15) is 30.9 Å². The fourth-order valence-corrected chi connectivity index (χ4v) is 2.15. The Morgan fingerprint density at radius 1 is 1.18 bits per heavy atom. The van der Waals surface area contributed by atoms with Crippen molar-refractivity contribution >= 4 is 35.8 Å². The number of alkyl halides is 3. The minimum atomic E-state index is -4.40. The average molecular weight is 516 g/mol. The summed E-state index contributed by atoms with van der Waals surface area (Å²) in [6, 6.07) is 5.07. The number of amides is 1. The normalized spacial score (nSPS) is 11.4. The summed E-state index contributed by atoms with van der Waals surface area (Å²) in [4.78, 5) is 15.6. The van der Waals surface area contributed by atoms with E-state index in [0.29, 0.717) is 31.0 Å². The number of ether oxygens (including phenoxy) is 1. The van der Waals surface area contributed by atoms with Crippen LogP contribution in [0.15, 0.2) is 23.2 Å². The van der Waals surface area contributed by atoms with Crippen molar-refractivity contribution in [3.63, 3.8) is 0 Å². The number of aliphatic imine (C=N–C) groups is 1. The lowest BCUT2D eigenvalue weighted by atomic mass is 10.1. The first-order chi connectivity index (χ1) is 12.7. The van der Waals surface area contributed by atoms with Crippen LogP contribution in [-0.2, 0) is 11.3 Å². The maximum Gasteiger partial charge on any atom is 0.422 e. The number of carbonyl (C=O) groups excluding carboxylic acids is 1. The van der Waals surface area contributed by atoms with Gasteiger partial charge in [-0.15, -0.1) is 24.0 Å². The monoisotopic (exact) mass is 516 g/mol. The Bertz CT molecular complexity index is 640. The Balaban J connectivity index is 0.00000729. The maximum atomic E-state index is 12.4. The van der Waals surface area contributed by atoms with E-state index in [1.54, 1.807) is 32.2 Å². The summed E-state index contributed by atoms with van der Waals surface area (Å²) >= 11 is 0. The third-order valence-corrected chi connectivity index (χ3v) is 3.50. The molecule has 0 unspecified atom stereocenters. The third-order valence-electron chi connectivity index (χ3n) is 3.50. The largest absolute Gasteiger partial charge is 0.484 e. The number of guanidine groups is 1. The molecule has 0 spiro atoms. The molecule has 0 radical (unpaired) electrons. The zero-order valence-electron chi connectivity index (χ0n) is 16.3. The molecule has 0 fully saturated rings. The third kappa shape index (κ3) is 11.2. The van der Waals surface area contributed by atoms with Gasteiger partial charge >= 0.3 is 6.18 Å². The minimum Gasteiger partial charge on any atom is -0.484 e. The van der Waals surface area contributed by atoms with Gasteiger partial charge in [-0.05, 0) is 25.0 Å². The van der Waals surface area contributed by atoms with Crippen molar-refractivity contribution in [2.24, 2.45) is 4.99 Å². The molecule has 3 N–H and O–H groups in total. The predicted molar refractivity (Wildman–Crippen MR) is 114 cm³/mol. The van der Waals surface area contributed by atoms with Crippen molar-refractivity contribution in [2.75, 3.05) is 26.7 Å². The topological polar surface area (TPSA) is 74.8 Å². The van der Waals surface area contributed by atoms with Gasteiger partial charge in [-0.1, -0.05) is 19.1 Å². The summed E-state index contributed by atoms with van der Waals surface area (Å²) in [5.41, 5.74) is 1.38. The van der Waals surface area contributed by atoms with Crippen LogP contribution in [0.2, 0.25) is 0 Å². The highest BCUT2D eigenvalue weighted by molar-refractivity contribution is 14.0. The van der Waals surface area contributed by atoms with Crippen molar-refractivity contribution in [3.8, 4) is 5.75 Å². The van der Waals surface area contributed by atoms with Crippen LogP contribution in [0.4, 0.5) is 13.2 Å². The second-order valence-electron chi connectivity index (χ2n) is 5.97. The zero-order chi connectivity index (χ0) is 20.3. The van der Waals surface area contributed by atoms with Crippen LogP contribution < -0.4 is 20.7 Å². The standard InChI is InChI=1S/C18H27F3N4O2.HI/c1-4-8-23-16(26)7-9-24-17(22-3)25-11-14-6-5-13(2)10-15(14)27-12-18(19,20)21;/h5-6,10H,4,7-9,11-12H2,1-3H3,(H,23,26)(H2,22,24,25);1H. The molecule has 6 nitrogen and oxygen atoms in total. The molecule has 0 saturated carbocycles. The second-order valence-corrected chi connectivity index (χ2v) is 5.97. The van der Waals surface area contributed by atoms with Crippen molar-refractivity contribution in [1.29, 1.82) is 0 Å². The summed E-state index contributed by atoms with van der Waals surface area (Å²) < 4.78 is 42.2. The van der Waals surface area contributed by atoms with E-state index in [-0.39, 0.29) is 42.2 Å². The lowest BCUT2D eigenvalue weighted by molar-refractivity contribution is -0.153. The summed E-state index contributed by atoms with van der Waals surface area (Å²) in [6.07, 6.45) is -3.23. The minimum absolute atomic E-state index is 0. The molecule has 1 aromatic rings. The summed E-state index contributed by atoms with van der Waals surface area (Å²) in [5.74, 6) is 0.566. The molecule has 1 aromatic carbocycles. The number of nitrogens with zero attached hydrogens (tertiary/aromatic N) is 1. The molecular weight excluding hydrogens is 488 g/mol. The van der Waals surface area contributed by atoms with Crippen molar-refractivity contribution < 1.29 is 22.7 Å². The fourth-order valence-electron chi connectivity index (χ4n) is 2.15. The van der Waals surface area contributed by atoms with Gasteiger partial charge in [-0.3, -0.25) is 9.79 Å². The van der Waals surface area contributed by atoms with Crippen LogP contribution >= 0.6 is 24.0 Å². The Morgan fingerprint density at radius 2 is 1.89 bits per heavy atom. The van der Waals surface area contributed by atoms with Crippen LogP contribution in [0.5, 0.6) is 5.75 Å². The van der Waals surface area contributed by atoms with Gasteiger partial charge in [0.25, 0.3) is 0 Å². The Labute approximate surface area is 180 Å². The molecular formula is C18H28F3IN4O2. The van der Waals surface area contributed by atoms with Gasteiger partial charge in [0.2, 0.25) is 5.91 Å². The van der Waals surface area contributed by atoms with Gasteiger partial charge < -0.3 is 20.7 Å². The smallest absolute Gasteiger partial charge is 0.422 e. The highest BCUT2D eigenvalue weighted by Crippen LogP contribution is 2.23. The number of halogens is 4. The van der Waals surface area contributed by atoms with E-state index in [4.69, 9.17) is 4.74 Å². The molecule has 10 heteroatoms. The van der Waals surface area contributed by atoms with Gasteiger partial charge in [0.15, 0.2) is 12.6 Å². The number of rotatable bonds is 9. The second kappa shape index (κ2) is 13.5. The fraction of sp³-hybridized carbons (Fsp3) is 0.556. The molecule has 28 heavy (non-hydrogen) atoms. The number of hydrogen-bond donors (Lipinski definition) is 3. The lowest BCUT2D eigenvalue weighted by Gasteiger charge is -2.16. The molecule has 0 atom stereocenters. The number of aryl methyl sites for hydroxylation is 1. The molecule has 160 valence electrons. The maximum absolute atomic E-state index is 12.4. The first kappa shape index (κ1) is 26.3. The van der Waals surface area contributed by atoms with Gasteiger partial charge in [-0.25, -0.2) is 0 Å². The Hall–Kier alpha value is -1.72. The van der Waals surface area contributed by atoms with Crippen molar-refractivity contribution in [3.05, 3.63) is 29.3 Å². The quantitative estimate of drug-likeness (QED) is 0.268. The Kier molecular flexibility index (Phi) is 12.6. The van der Waals surface area contributed by atoms with E-state index in [0.717, 1.165) is 12.0 Å². The highest BCUT2D eigenvalue weighted by atomic mass is 127. The molecule has 0 aliphatic rings. The van der Waals surface area contributed by atoms with E-state index in [1.165, 1.54) is 0 Å². The number of carbonyl (C=O) groups is 1. The number of benzene rings is 1. The number of hydrogen-bond acceptors (Lipinski definition) is 3. The van der Waals surface area contributed by atoms with E-state index in [9.17, 15) is 18.0 Å². The SMILES string of the molecule is CCCNC(=O)CCNC(=NC)NCc1ccc(C)cc1OCC(F)(F)F.I. The van der Waals surface area contributed by atoms with Crippen LogP contribution in [0.3, 0.4) is 0 Å². The van der Waals surface area contributed by atoms with Crippen LogP contribution in [0.25, 0.3) is 0 Å². The lowest BCUT2D eigenvalue weighted by Crippen LogP contribution is -2.39. The molecule has 0 heterocycles. The molecule has 0 saturated heterocycles. The molecule has 0 bridgehead atoms. The van der Waals surface area contributed by atoms with Gasteiger partial charge in [0.05, 0.1) is 0 Å². The predicted octanol–water partition coefficient (Wildman–Crippen LogP) is 3.14. The molecule has 1 rings (SSSR count). The van der Waals surface area contributed by atoms with Crippen LogP contribution in [0, 0.1) is 6.92 Å². The van der Waals surface area contributed by atoms with E-state index >= 15 is 0 Å².